The lowest BCUT2D eigenvalue weighted by Gasteiger charge is -2.26. The van der Waals surface area contributed by atoms with Crippen molar-refractivity contribution in [2.75, 3.05) is 4.90 Å². The van der Waals surface area contributed by atoms with Crippen LogP contribution in [0.4, 0.5) is 17.1 Å². The van der Waals surface area contributed by atoms with E-state index in [4.69, 9.17) is 4.42 Å². The summed E-state index contributed by atoms with van der Waals surface area (Å²) < 4.78 is 6.46. The predicted molar refractivity (Wildman–Crippen MR) is 204 cm³/mol. The number of hydrogen-bond donors (Lipinski definition) is 0. The van der Waals surface area contributed by atoms with Crippen LogP contribution in [0.15, 0.2) is 180 Å². The Kier molecular flexibility index (Phi) is 5.91. The number of fused-ring (bicyclic) bond motifs is 9. The lowest BCUT2D eigenvalue weighted by atomic mass is 9.94. The molecule has 0 unspecified atom stereocenters. The number of furan rings is 1. The predicted octanol–water partition coefficient (Wildman–Crippen LogP) is 13.3. The summed E-state index contributed by atoms with van der Waals surface area (Å²) in [6, 6.07) is 63.3. The first-order valence-electron chi connectivity index (χ1n) is 16.4. The van der Waals surface area contributed by atoms with E-state index in [1.807, 2.05) is 0 Å². The van der Waals surface area contributed by atoms with Gasteiger partial charge in [-0.2, -0.15) is 0 Å². The second-order valence-corrected chi connectivity index (χ2v) is 12.6. The molecule has 0 N–H and O–H groups in total. The van der Waals surface area contributed by atoms with Crippen molar-refractivity contribution in [3.05, 3.63) is 176 Å². The molecule has 0 saturated heterocycles. The quantitative estimate of drug-likeness (QED) is 0.184. The van der Waals surface area contributed by atoms with E-state index < -0.39 is 0 Å². The van der Waals surface area contributed by atoms with Crippen molar-refractivity contribution >= 4 is 82.1 Å². The number of para-hydroxylation sites is 1. The molecular formula is C46H29NO. The van der Waals surface area contributed by atoms with E-state index in [1.165, 1.54) is 54.2 Å². The van der Waals surface area contributed by atoms with Crippen LogP contribution in [-0.4, -0.2) is 0 Å². The van der Waals surface area contributed by atoms with Gasteiger partial charge in [0, 0.05) is 16.8 Å². The fourth-order valence-electron chi connectivity index (χ4n) is 7.50. The van der Waals surface area contributed by atoms with Crippen molar-refractivity contribution in [2.45, 2.75) is 0 Å². The summed E-state index contributed by atoms with van der Waals surface area (Å²) in [4.78, 5) is 2.34. The molecule has 2 heteroatoms. The molecule has 0 bridgehead atoms. The zero-order chi connectivity index (χ0) is 31.6. The van der Waals surface area contributed by atoms with Gasteiger partial charge >= 0.3 is 0 Å². The van der Waals surface area contributed by atoms with E-state index in [0.717, 1.165) is 39.0 Å². The maximum atomic E-state index is 6.46. The van der Waals surface area contributed by atoms with Gasteiger partial charge in [-0.1, -0.05) is 121 Å². The SMILES string of the molecule is c1ccc(N(c2ccc(-c3ccc4c(ccc5ccc6ccccc6c54)c3)cc2)c2cccc3oc4cc5ccccc5cc4c23)cc1. The topological polar surface area (TPSA) is 16.4 Å². The van der Waals surface area contributed by atoms with Crippen molar-refractivity contribution in [2.24, 2.45) is 0 Å². The van der Waals surface area contributed by atoms with E-state index >= 15 is 0 Å². The highest BCUT2D eigenvalue weighted by Gasteiger charge is 2.20. The third-order valence-corrected chi connectivity index (χ3v) is 9.78. The highest BCUT2D eigenvalue weighted by molar-refractivity contribution is 6.20. The molecule has 0 spiro atoms. The van der Waals surface area contributed by atoms with Crippen LogP contribution in [0.5, 0.6) is 0 Å². The monoisotopic (exact) mass is 611 g/mol. The second-order valence-electron chi connectivity index (χ2n) is 12.6. The molecule has 224 valence electrons. The Morgan fingerprint density at radius 1 is 0.333 bits per heavy atom. The van der Waals surface area contributed by atoms with E-state index in [9.17, 15) is 0 Å². The number of rotatable bonds is 4. The van der Waals surface area contributed by atoms with Crippen LogP contribution < -0.4 is 4.90 Å². The Morgan fingerprint density at radius 2 is 0.979 bits per heavy atom. The number of anilines is 3. The first-order valence-corrected chi connectivity index (χ1v) is 16.4. The van der Waals surface area contributed by atoms with Crippen molar-refractivity contribution in [1.29, 1.82) is 0 Å². The van der Waals surface area contributed by atoms with Crippen LogP contribution in [0.25, 0.3) is 76.2 Å². The Hall–Kier alpha value is -6.38. The Balaban J connectivity index is 1.11. The highest BCUT2D eigenvalue weighted by Crippen LogP contribution is 2.44. The Bertz CT molecular complexity index is 2830. The van der Waals surface area contributed by atoms with Gasteiger partial charge in [-0.25, -0.2) is 0 Å². The molecule has 0 aliphatic rings. The zero-order valence-electron chi connectivity index (χ0n) is 26.1. The largest absolute Gasteiger partial charge is 0.456 e. The van der Waals surface area contributed by atoms with Crippen molar-refractivity contribution < 1.29 is 4.42 Å². The van der Waals surface area contributed by atoms with E-state index in [0.29, 0.717) is 0 Å². The number of benzene rings is 9. The normalized spacial score (nSPS) is 11.8. The molecule has 0 amide bonds. The van der Waals surface area contributed by atoms with Crippen LogP contribution >= 0.6 is 0 Å². The third-order valence-electron chi connectivity index (χ3n) is 9.78. The molecule has 10 aromatic rings. The molecule has 1 aromatic heterocycles. The Morgan fingerprint density at radius 3 is 1.81 bits per heavy atom. The standard InChI is InChI=1S/C46H29NO/c1-2-12-37(13-3-1)47(42-15-8-16-43-46(42)41-28-33-10-4-5-11-34(33)29-44(41)48-43)38-24-21-30(22-25-38)35-23-26-40-36(27-35)20-19-32-18-17-31-9-6-7-14-39(31)45(32)40/h1-29H. The van der Waals surface area contributed by atoms with Gasteiger partial charge in [0.25, 0.3) is 0 Å². The summed E-state index contributed by atoms with van der Waals surface area (Å²) in [7, 11) is 0. The van der Waals surface area contributed by atoms with Gasteiger partial charge < -0.3 is 9.32 Å². The molecule has 0 atom stereocenters. The van der Waals surface area contributed by atoms with Gasteiger partial charge in [0.1, 0.15) is 11.2 Å². The average molecular weight is 612 g/mol. The maximum Gasteiger partial charge on any atom is 0.137 e. The lowest BCUT2D eigenvalue weighted by Crippen LogP contribution is -2.10. The molecule has 0 aliphatic heterocycles. The summed E-state index contributed by atoms with van der Waals surface area (Å²) in [5, 5.41) is 12.3. The summed E-state index contributed by atoms with van der Waals surface area (Å²) in [5.41, 5.74) is 7.44. The van der Waals surface area contributed by atoms with Crippen molar-refractivity contribution in [3.8, 4) is 11.1 Å². The number of nitrogens with zero attached hydrogens (tertiary/aromatic N) is 1. The molecule has 0 fully saturated rings. The molecular weight excluding hydrogens is 583 g/mol. The van der Waals surface area contributed by atoms with Gasteiger partial charge in [-0.05, 0) is 109 Å². The fraction of sp³-hybridized carbons (Fsp3) is 0. The van der Waals surface area contributed by atoms with Crippen LogP contribution in [-0.2, 0) is 0 Å². The maximum absolute atomic E-state index is 6.46. The molecule has 0 radical (unpaired) electrons. The smallest absolute Gasteiger partial charge is 0.137 e. The minimum atomic E-state index is 0.881. The minimum absolute atomic E-state index is 0.881. The Labute approximate surface area is 277 Å². The van der Waals surface area contributed by atoms with Crippen LogP contribution in [0, 0.1) is 0 Å². The van der Waals surface area contributed by atoms with Crippen LogP contribution in [0.1, 0.15) is 0 Å². The van der Waals surface area contributed by atoms with E-state index in [2.05, 4.69) is 181 Å². The number of hydrogen-bond acceptors (Lipinski definition) is 2. The van der Waals surface area contributed by atoms with Crippen LogP contribution in [0.2, 0.25) is 0 Å². The van der Waals surface area contributed by atoms with E-state index in [-0.39, 0.29) is 0 Å². The van der Waals surface area contributed by atoms with Gasteiger partial charge in [-0.15, -0.1) is 0 Å². The summed E-state index contributed by atoms with van der Waals surface area (Å²) in [6.07, 6.45) is 0. The molecule has 48 heavy (non-hydrogen) atoms. The first-order chi connectivity index (χ1) is 23.8. The molecule has 0 aliphatic carbocycles. The van der Waals surface area contributed by atoms with Crippen LogP contribution in [0.3, 0.4) is 0 Å². The fourth-order valence-corrected chi connectivity index (χ4v) is 7.50. The van der Waals surface area contributed by atoms with E-state index in [1.54, 1.807) is 0 Å². The van der Waals surface area contributed by atoms with Crippen molar-refractivity contribution in [3.63, 3.8) is 0 Å². The highest BCUT2D eigenvalue weighted by atomic mass is 16.3. The average Bonchev–Trinajstić information content (AvgIpc) is 3.52. The van der Waals surface area contributed by atoms with Gasteiger partial charge in [0.05, 0.1) is 11.1 Å². The summed E-state index contributed by atoms with van der Waals surface area (Å²) >= 11 is 0. The molecule has 2 nitrogen and oxygen atoms in total. The lowest BCUT2D eigenvalue weighted by molar-refractivity contribution is 0.669. The summed E-state index contributed by atoms with van der Waals surface area (Å²) in [6.45, 7) is 0. The van der Waals surface area contributed by atoms with Gasteiger partial charge in [0.15, 0.2) is 0 Å². The third kappa shape index (κ3) is 4.20. The molecule has 1 heterocycles. The second kappa shape index (κ2) is 10.6. The molecule has 10 rings (SSSR count). The molecule has 9 aromatic carbocycles. The first kappa shape index (κ1) is 26.8. The van der Waals surface area contributed by atoms with Gasteiger partial charge in [0.2, 0.25) is 0 Å². The van der Waals surface area contributed by atoms with Crippen molar-refractivity contribution in [1.82, 2.24) is 0 Å². The molecule has 0 saturated carbocycles. The van der Waals surface area contributed by atoms with Gasteiger partial charge in [-0.3, -0.25) is 0 Å². The zero-order valence-corrected chi connectivity index (χ0v) is 26.1. The minimum Gasteiger partial charge on any atom is -0.456 e. The summed E-state index contributed by atoms with van der Waals surface area (Å²) in [5.74, 6) is 0.